The van der Waals surface area contributed by atoms with Crippen molar-refractivity contribution in [3.05, 3.63) is 18.0 Å². The van der Waals surface area contributed by atoms with E-state index in [2.05, 4.69) is 50.1 Å². The van der Waals surface area contributed by atoms with E-state index < -0.39 is 0 Å². The van der Waals surface area contributed by atoms with Gasteiger partial charge in [0.2, 0.25) is 0 Å². The fourth-order valence-electron chi connectivity index (χ4n) is 3.20. The first-order chi connectivity index (χ1) is 9.47. The molecule has 0 atom stereocenters. The second-order valence-corrected chi connectivity index (χ2v) is 6.85. The Morgan fingerprint density at radius 3 is 2.60 bits per heavy atom. The Bertz CT molecular complexity index is 416. The Morgan fingerprint density at radius 2 is 2.10 bits per heavy atom. The average Bonchev–Trinajstić information content (AvgIpc) is 2.88. The van der Waals surface area contributed by atoms with E-state index >= 15 is 0 Å². The molecule has 4 heteroatoms. The van der Waals surface area contributed by atoms with Gasteiger partial charge in [-0.15, -0.1) is 0 Å². The Hall–Kier alpha value is -0.870. The van der Waals surface area contributed by atoms with Gasteiger partial charge in [-0.2, -0.15) is 5.10 Å². The lowest BCUT2D eigenvalue weighted by Gasteiger charge is -2.45. The van der Waals surface area contributed by atoms with Crippen molar-refractivity contribution < 1.29 is 0 Å². The molecule has 2 N–H and O–H groups in total. The highest BCUT2D eigenvalue weighted by molar-refractivity contribution is 5.03. The third-order valence-corrected chi connectivity index (χ3v) is 4.99. The monoisotopic (exact) mass is 278 g/mol. The number of likely N-dealkylation sites (N-methyl/N-ethyl adjacent to an activating group) is 1. The lowest BCUT2D eigenvalue weighted by atomic mass is 9.76. The highest BCUT2D eigenvalue weighted by atomic mass is 15.3. The molecule has 0 aliphatic heterocycles. The van der Waals surface area contributed by atoms with Gasteiger partial charge in [0.15, 0.2) is 0 Å². The maximum atomic E-state index is 6.12. The molecule has 1 saturated carbocycles. The molecule has 20 heavy (non-hydrogen) atoms. The molecule has 0 saturated heterocycles. The summed E-state index contributed by atoms with van der Waals surface area (Å²) in [5.74, 6) is 0.850. The molecule has 1 heterocycles. The molecule has 2 rings (SSSR count). The van der Waals surface area contributed by atoms with Gasteiger partial charge >= 0.3 is 0 Å². The lowest BCUT2D eigenvalue weighted by Crippen LogP contribution is -2.53. The molecule has 0 amide bonds. The van der Waals surface area contributed by atoms with E-state index in [1.165, 1.54) is 25.7 Å². The molecule has 0 bridgehead atoms. The first kappa shape index (κ1) is 15.5. The number of hydrogen-bond acceptors (Lipinski definition) is 3. The quantitative estimate of drug-likeness (QED) is 0.901. The number of nitrogens with zero attached hydrogens (tertiary/aromatic N) is 3. The van der Waals surface area contributed by atoms with Crippen LogP contribution < -0.4 is 5.73 Å². The van der Waals surface area contributed by atoms with E-state index in [9.17, 15) is 0 Å². The largest absolute Gasteiger partial charge is 0.329 e. The predicted octanol–water partition coefficient (Wildman–Crippen LogP) is 2.80. The zero-order valence-electron chi connectivity index (χ0n) is 13.5. The summed E-state index contributed by atoms with van der Waals surface area (Å²) >= 11 is 0. The second-order valence-electron chi connectivity index (χ2n) is 6.85. The molecule has 1 aliphatic rings. The van der Waals surface area contributed by atoms with Crippen LogP contribution in [0.4, 0.5) is 0 Å². The SMILES string of the molecule is CC1CCC(CN)(N(C)Cc2ccn(C(C)C)n2)CC1. The fraction of sp³-hybridized carbons (Fsp3) is 0.812. The Morgan fingerprint density at radius 1 is 1.45 bits per heavy atom. The van der Waals surface area contributed by atoms with Crippen LogP contribution in [0, 0.1) is 5.92 Å². The molecule has 1 fully saturated rings. The van der Waals surface area contributed by atoms with Crippen LogP contribution in [0.15, 0.2) is 12.3 Å². The fourth-order valence-corrected chi connectivity index (χ4v) is 3.20. The predicted molar refractivity (Wildman–Crippen MR) is 83.5 cm³/mol. The summed E-state index contributed by atoms with van der Waals surface area (Å²) in [4.78, 5) is 2.44. The summed E-state index contributed by atoms with van der Waals surface area (Å²) in [6.45, 7) is 8.31. The molecule has 1 aliphatic carbocycles. The molecule has 4 nitrogen and oxygen atoms in total. The minimum Gasteiger partial charge on any atom is -0.329 e. The maximum absolute atomic E-state index is 6.12. The molecular weight excluding hydrogens is 248 g/mol. The van der Waals surface area contributed by atoms with Crippen molar-refractivity contribution >= 4 is 0 Å². The normalized spacial score (nSPS) is 27.4. The van der Waals surface area contributed by atoms with E-state index in [0.717, 1.165) is 24.7 Å². The molecule has 114 valence electrons. The average molecular weight is 278 g/mol. The molecule has 0 aromatic carbocycles. The van der Waals surface area contributed by atoms with Crippen LogP contribution in [0.25, 0.3) is 0 Å². The van der Waals surface area contributed by atoms with Gasteiger partial charge in [0.05, 0.1) is 5.69 Å². The van der Waals surface area contributed by atoms with E-state index in [1.54, 1.807) is 0 Å². The van der Waals surface area contributed by atoms with Crippen molar-refractivity contribution in [2.75, 3.05) is 13.6 Å². The molecule has 0 radical (unpaired) electrons. The summed E-state index contributed by atoms with van der Waals surface area (Å²) in [7, 11) is 2.21. The summed E-state index contributed by atoms with van der Waals surface area (Å²) < 4.78 is 2.03. The van der Waals surface area contributed by atoms with Crippen molar-refractivity contribution in [3.8, 4) is 0 Å². The third-order valence-electron chi connectivity index (χ3n) is 4.99. The van der Waals surface area contributed by atoms with Crippen LogP contribution >= 0.6 is 0 Å². The van der Waals surface area contributed by atoms with Crippen molar-refractivity contribution in [2.24, 2.45) is 11.7 Å². The Labute approximate surface area is 123 Å². The molecular formula is C16H30N4. The van der Waals surface area contributed by atoms with Gasteiger partial charge in [-0.1, -0.05) is 6.92 Å². The van der Waals surface area contributed by atoms with Gasteiger partial charge in [-0.3, -0.25) is 9.58 Å². The molecule has 0 spiro atoms. The number of nitrogens with two attached hydrogens (primary N) is 1. The smallest absolute Gasteiger partial charge is 0.0764 e. The summed E-state index contributed by atoms with van der Waals surface area (Å²) in [6.07, 6.45) is 7.09. The van der Waals surface area contributed by atoms with Crippen LogP contribution in [0.1, 0.15) is 58.2 Å². The summed E-state index contributed by atoms with van der Waals surface area (Å²) in [6, 6.07) is 2.56. The van der Waals surface area contributed by atoms with Crippen LogP contribution in [-0.2, 0) is 6.54 Å². The topological polar surface area (TPSA) is 47.1 Å². The van der Waals surface area contributed by atoms with Gasteiger partial charge in [-0.25, -0.2) is 0 Å². The minimum absolute atomic E-state index is 0.175. The lowest BCUT2D eigenvalue weighted by molar-refractivity contribution is 0.0604. The minimum atomic E-state index is 0.175. The zero-order chi connectivity index (χ0) is 14.8. The third kappa shape index (κ3) is 3.23. The highest BCUT2D eigenvalue weighted by Crippen LogP contribution is 2.35. The number of rotatable bonds is 5. The number of aromatic nitrogens is 2. The van der Waals surface area contributed by atoms with Gasteiger partial charge < -0.3 is 5.73 Å². The first-order valence-electron chi connectivity index (χ1n) is 7.92. The maximum Gasteiger partial charge on any atom is 0.0764 e. The Kier molecular flexibility index (Phi) is 4.86. The van der Waals surface area contributed by atoms with Crippen molar-refractivity contribution in [1.29, 1.82) is 0 Å². The van der Waals surface area contributed by atoms with E-state index in [-0.39, 0.29) is 5.54 Å². The van der Waals surface area contributed by atoms with Crippen LogP contribution in [0.5, 0.6) is 0 Å². The van der Waals surface area contributed by atoms with Crippen molar-refractivity contribution in [2.45, 2.75) is 64.6 Å². The van der Waals surface area contributed by atoms with Crippen molar-refractivity contribution in [3.63, 3.8) is 0 Å². The number of hydrogen-bond donors (Lipinski definition) is 1. The molecule has 1 aromatic rings. The van der Waals surface area contributed by atoms with Gasteiger partial charge in [0.25, 0.3) is 0 Å². The summed E-state index contributed by atoms with van der Waals surface area (Å²) in [5.41, 5.74) is 7.45. The van der Waals surface area contributed by atoms with Gasteiger partial charge in [0, 0.05) is 30.9 Å². The Balaban J connectivity index is 2.03. The van der Waals surface area contributed by atoms with Crippen LogP contribution in [-0.4, -0.2) is 33.8 Å². The highest BCUT2D eigenvalue weighted by Gasteiger charge is 2.36. The van der Waals surface area contributed by atoms with Crippen LogP contribution in [0.3, 0.4) is 0 Å². The standard InChI is InChI=1S/C16H30N4/c1-13(2)20-10-7-15(18-20)11-19(4)16(12-17)8-5-14(3)6-9-16/h7,10,13-14H,5-6,8-9,11-12,17H2,1-4H3. The second kappa shape index (κ2) is 6.27. The zero-order valence-corrected chi connectivity index (χ0v) is 13.5. The van der Waals surface area contributed by atoms with Gasteiger partial charge in [0.1, 0.15) is 0 Å². The molecule has 0 unspecified atom stereocenters. The van der Waals surface area contributed by atoms with Crippen molar-refractivity contribution in [1.82, 2.24) is 14.7 Å². The summed E-state index contributed by atoms with van der Waals surface area (Å²) in [5, 5.41) is 4.66. The van der Waals surface area contributed by atoms with Crippen LogP contribution in [0.2, 0.25) is 0 Å². The van der Waals surface area contributed by atoms with E-state index in [1.807, 2.05) is 4.68 Å². The molecule has 1 aromatic heterocycles. The van der Waals surface area contributed by atoms with E-state index in [4.69, 9.17) is 5.73 Å². The first-order valence-corrected chi connectivity index (χ1v) is 7.92. The van der Waals surface area contributed by atoms with E-state index in [0.29, 0.717) is 6.04 Å². The van der Waals surface area contributed by atoms with Gasteiger partial charge in [-0.05, 0) is 58.6 Å².